The molecule has 0 spiro atoms. The van der Waals surface area contributed by atoms with Crippen molar-refractivity contribution >= 4 is 12.0 Å². The zero-order chi connectivity index (χ0) is 16.8. The van der Waals surface area contributed by atoms with E-state index < -0.39 is 5.97 Å². The number of hydrogen-bond acceptors (Lipinski definition) is 1. The normalized spacial score (nSPS) is 11.8. The molecule has 4 rings (SSSR count). The van der Waals surface area contributed by atoms with E-state index in [0.717, 1.165) is 11.1 Å². The molecule has 0 amide bonds. The molecular weight excluding hydrogens is 296 g/mol. The molecule has 24 heavy (non-hydrogen) atoms. The van der Waals surface area contributed by atoms with Crippen LogP contribution in [0, 0.1) is 0 Å². The van der Waals surface area contributed by atoms with E-state index in [1.807, 2.05) is 36.4 Å². The maximum atomic E-state index is 10.6. The second kappa shape index (κ2) is 7.42. The molecule has 2 nitrogen and oxygen atoms in total. The summed E-state index contributed by atoms with van der Waals surface area (Å²) in [6.07, 6.45) is 2.29. The van der Waals surface area contributed by atoms with E-state index in [0.29, 0.717) is 12.0 Å². The van der Waals surface area contributed by atoms with Gasteiger partial charge in [-0.15, -0.1) is 0 Å². The van der Waals surface area contributed by atoms with Crippen molar-refractivity contribution in [2.24, 2.45) is 0 Å². The van der Waals surface area contributed by atoms with E-state index >= 15 is 0 Å². The monoisotopic (exact) mass is 314 g/mol. The lowest BCUT2D eigenvalue weighted by atomic mass is 10.1. The number of benzene rings is 3. The third-order valence-electron chi connectivity index (χ3n) is 3.92. The van der Waals surface area contributed by atoms with Gasteiger partial charge in [0, 0.05) is 12.0 Å². The third kappa shape index (κ3) is 3.79. The fourth-order valence-corrected chi connectivity index (χ4v) is 2.68. The summed E-state index contributed by atoms with van der Waals surface area (Å²) >= 11 is 0. The van der Waals surface area contributed by atoms with Gasteiger partial charge in [0.2, 0.25) is 0 Å². The van der Waals surface area contributed by atoms with Crippen molar-refractivity contribution in [1.29, 1.82) is 0 Å². The van der Waals surface area contributed by atoms with Gasteiger partial charge < -0.3 is 5.11 Å². The Morgan fingerprint density at radius 3 is 1.71 bits per heavy atom. The highest BCUT2D eigenvalue weighted by Crippen LogP contribution is 2.24. The smallest absolute Gasteiger partial charge is 0.331 e. The van der Waals surface area contributed by atoms with Crippen LogP contribution in [-0.2, 0) is 11.2 Å². The first kappa shape index (κ1) is 15.8. The Bertz CT molecular complexity index is 812. The largest absolute Gasteiger partial charge is 0.478 e. The highest BCUT2D eigenvalue weighted by atomic mass is 16.4. The molecule has 1 N–H and O–H groups in total. The maximum absolute atomic E-state index is 10.6. The van der Waals surface area contributed by atoms with E-state index in [-0.39, 0.29) is 0 Å². The average Bonchev–Trinajstić information content (AvgIpc) is 3.08. The highest BCUT2D eigenvalue weighted by Gasteiger charge is 2.16. The SMILES string of the molecule is O=C(O)C1=Cc2ccccc2C1.c1ccc(-c2ccccc2)cc1. The van der Waals surface area contributed by atoms with Crippen molar-refractivity contribution < 1.29 is 9.90 Å². The van der Waals surface area contributed by atoms with Crippen LogP contribution in [0.3, 0.4) is 0 Å². The summed E-state index contributed by atoms with van der Waals surface area (Å²) in [6.45, 7) is 0. The molecule has 0 saturated heterocycles. The molecule has 0 saturated carbocycles. The van der Waals surface area contributed by atoms with Gasteiger partial charge in [0.1, 0.15) is 0 Å². The molecule has 0 aromatic heterocycles. The van der Waals surface area contributed by atoms with Crippen molar-refractivity contribution in [3.63, 3.8) is 0 Å². The first-order chi connectivity index (χ1) is 11.7. The topological polar surface area (TPSA) is 37.3 Å². The molecule has 0 unspecified atom stereocenters. The number of carbonyl (C=O) groups is 1. The molecule has 1 aliphatic rings. The first-order valence-electron chi connectivity index (χ1n) is 7.86. The minimum absolute atomic E-state index is 0.483. The molecule has 118 valence electrons. The fourth-order valence-electron chi connectivity index (χ4n) is 2.68. The van der Waals surface area contributed by atoms with Gasteiger partial charge >= 0.3 is 5.97 Å². The summed E-state index contributed by atoms with van der Waals surface area (Å²) < 4.78 is 0. The quantitative estimate of drug-likeness (QED) is 0.717. The Morgan fingerprint density at radius 1 is 0.708 bits per heavy atom. The maximum Gasteiger partial charge on any atom is 0.331 e. The fraction of sp³-hybridized carbons (Fsp3) is 0.0455. The predicted octanol–water partition coefficient (Wildman–Crippen LogP) is 5.06. The molecule has 0 fully saturated rings. The minimum Gasteiger partial charge on any atom is -0.478 e. The van der Waals surface area contributed by atoms with Crippen LogP contribution in [0.4, 0.5) is 0 Å². The van der Waals surface area contributed by atoms with Gasteiger partial charge in [0.05, 0.1) is 0 Å². The first-order valence-corrected chi connectivity index (χ1v) is 7.86. The van der Waals surface area contributed by atoms with Crippen LogP contribution < -0.4 is 0 Å². The zero-order valence-electron chi connectivity index (χ0n) is 13.2. The molecule has 3 aromatic rings. The highest BCUT2D eigenvalue weighted by molar-refractivity contribution is 5.95. The molecule has 1 aliphatic carbocycles. The standard InChI is InChI=1S/C12H10.C10H8O2/c1-3-7-11(8-4-1)12-9-5-2-6-10-12;11-10(12)9-5-7-3-1-2-4-8(7)6-9/h1-10H;1-5H,6H2,(H,11,12). The van der Waals surface area contributed by atoms with Crippen LogP contribution in [0.2, 0.25) is 0 Å². The lowest BCUT2D eigenvalue weighted by Crippen LogP contribution is -1.99. The number of carboxylic acids is 1. The molecular formula is C22H18O2. The molecule has 0 radical (unpaired) electrons. The van der Waals surface area contributed by atoms with Crippen LogP contribution in [0.5, 0.6) is 0 Å². The van der Waals surface area contributed by atoms with E-state index in [2.05, 4.69) is 48.5 Å². The Kier molecular flexibility index (Phi) is 4.87. The Balaban J connectivity index is 0.000000141. The number of aliphatic carboxylic acids is 1. The summed E-state index contributed by atoms with van der Waals surface area (Å²) in [5.41, 5.74) is 5.18. The van der Waals surface area contributed by atoms with Gasteiger partial charge in [-0.3, -0.25) is 0 Å². The Hall–Kier alpha value is -3.13. The minimum atomic E-state index is -0.814. The van der Waals surface area contributed by atoms with Crippen LogP contribution >= 0.6 is 0 Å². The molecule has 3 aromatic carbocycles. The summed E-state index contributed by atoms with van der Waals surface area (Å²) in [7, 11) is 0. The van der Waals surface area contributed by atoms with Crippen molar-refractivity contribution in [2.75, 3.05) is 0 Å². The van der Waals surface area contributed by atoms with Crippen LogP contribution in [0.25, 0.3) is 17.2 Å². The zero-order valence-corrected chi connectivity index (χ0v) is 13.2. The van der Waals surface area contributed by atoms with Gasteiger partial charge in [-0.2, -0.15) is 0 Å². The van der Waals surface area contributed by atoms with E-state index in [4.69, 9.17) is 5.11 Å². The lowest BCUT2D eigenvalue weighted by Gasteiger charge is -1.98. The van der Waals surface area contributed by atoms with Crippen molar-refractivity contribution in [1.82, 2.24) is 0 Å². The van der Waals surface area contributed by atoms with E-state index in [1.54, 1.807) is 6.08 Å². The van der Waals surface area contributed by atoms with Crippen molar-refractivity contribution in [3.8, 4) is 11.1 Å². The molecule has 0 atom stereocenters. The second-order valence-electron chi connectivity index (χ2n) is 5.58. The molecule has 0 aliphatic heterocycles. The van der Waals surface area contributed by atoms with Crippen molar-refractivity contribution in [2.45, 2.75) is 6.42 Å². The van der Waals surface area contributed by atoms with Crippen molar-refractivity contribution in [3.05, 3.63) is 102 Å². The summed E-state index contributed by atoms with van der Waals surface area (Å²) in [4.78, 5) is 10.6. The molecule has 0 bridgehead atoms. The van der Waals surface area contributed by atoms with Crippen LogP contribution in [0.15, 0.2) is 90.5 Å². The third-order valence-corrected chi connectivity index (χ3v) is 3.92. The van der Waals surface area contributed by atoms with Crippen LogP contribution in [-0.4, -0.2) is 11.1 Å². The van der Waals surface area contributed by atoms with Gasteiger partial charge in [0.25, 0.3) is 0 Å². The van der Waals surface area contributed by atoms with Gasteiger partial charge in [-0.05, 0) is 28.3 Å². The summed E-state index contributed by atoms with van der Waals surface area (Å²) in [6, 6.07) is 28.5. The number of carboxylic acid groups (broad SMARTS) is 1. The molecule has 2 heteroatoms. The number of hydrogen-bond donors (Lipinski definition) is 1. The number of rotatable bonds is 2. The second-order valence-corrected chi connectivity index (χ2v) is 5.58. The average molecular weight is 314 g/mol. The Labute approximate surface area is 141 Å². The van der Waals surface area contributed by atoms with Gasteiger partial charge in [0.15, 0.2) is 0 Å². The lowest BCUT2D eigenvalue weighted by molar-refractivity contribution is -0.132. The predicted molar refractivity (Wildman–Crippen MR) is 97.6 cm³/mol. The van der Waals surface area contributed by atoms with Gasteiger partial charge in [-0.1, -0.05) is 84.9 Å². The van der Waals surface area contributed by atoms with E-state index in [9.17, 15) is 4.79 Å². The molecule has 0 heterocycles. The summed E-state index contributed by atoms with van der Waals surface area (Å²) in [5, 5.41) is 8.72. The Morgan fingerprint density at radius 2 is 1.21 bits per heavy atom. The summed E-state index contributed by atoms with van der Waals surface area (Å²) in [5.74, 6) is -0.814. The number of fused-ring (bicyclic) bond motifs is 1. The van der Waals surface area contributed by atoms with E-state index in [1.165, 1.54) is 11.1 Å². The van der Waals surface area contributed by atoms with Gasteiger partial charge in [-0.25, -0.2) is 4.79 Å². The van der Waals surface area contributed by atoms with Crippen LogP contribution in [0.1, 0.15) is 11.1 Å².